The van der Waals surface area contributed by atoms with E-state index in [2.05, 4.69) is 5.32 Å². The highest BCUT2D eigenvalue weighted by Crippen LogP contribution is 2.38. The molecule has 0 bridgehead atoms. The number of thiazole rings is 1. The molecule has 1 atom stereocenters. The number of anilines is 2. The second kappa shape index (κ2) is 9.11. The number of fused-ring (bicyclic) bond motifs is 2. The Morgan fingerprint density at radius 3 is 2.50 bits per heavy atom. The number of nitrogens with one attached hydrogen (secondary N) is 1. The summed E-state index contributed by atoms with van der Waals surface area (Å²) in [6, 6.07) is 17.1. The fraction of sp³-hybridized carbons (Fsp3) is 0.231. The summed E-state index contributed by atoms with van der Waals surface area (Å²) in [7, 11) is -3.94. The minimum atomic E-state index is -3.94. The van der Waals surface area contributed by atoms with Gasteiger partial charge in [-0.1, -0.05) is 35.1 Å². The van der Waals surface area contributed by atoms with E-state index in [1.807, 2.05) is 26.8 Å². The van der Waals surface area contributed by atoms with E-state index >= 15 is 0 Å². The minimum absolute atomic E-state index is 0.0598. The molecule has 5 rings (SSSR count). The summed E-state index contributed by atoms with van der Waals surface area (Å²) in [5, 5.41) is 2.82. The SMILES string of the molecule is CCn1c(=O)sc2cc(NC(=O)C3CN(S(=O)(=O)c4ccc(C)cc4)c4cc(C)ccc4O3)ccc21. The number of aromatic nitrogens is 1. The summed E-state index contributed by atoms with van der Waals surface area (Å²) >= 11 is 1.11. The number of benzene rings is 3. The van der Waals surface area contributed by atoms with Crippen LogP contribution in [0.5, 0.6) is 5.75 Å². The number of carbonyl (C=O) groups is 1. The van der Waals surface area contributed by atoms with Crippen LogP contribution in [-0.4, -0.2) is 31.5 Å². The first-order valence-corrected chi connectivity index (χ1v) is 13.7. The van der Waals surface area contributed by atoms with Crippen molar-refractivity contribution in [2.24, 2.45) is 0 Å². The van der Waals surface area contributed by atoms with E-state index in [1.54, 1.807) is 59.2 Å². The molecule has 0 saturated carbocycles. The van der Waals surface area contributed by atoms with Crippen LogP contribution in [0.4, 0.5) is 11.4 Å². The van der Waals surface area contributed by atoms with Crippen molar-refractivity contribution >= 4 is 48.9 Å². The normalized spacial score (nSPS) is 15.4. The third-order valence-electron chi connectivity index (χ3n) is 6.14. The summed E-state index contributed by atoms with van der Waals surface area (Å²) in [6.45, 7) is 6.04. The maximum absolute atomic E-state index is 13.6. The number of carbonyl (C=O) groups excluding carboxylic acids is 1. The molecule has 1 N–H and O–H groups in total. The zero-order chi connectivity index (χ0) is 25.6. The van der Waals surface area contributed by atoms with Crippen LogP contribution in [0.25, 0.3) is 10.2 Å². The zero-order valence-corrected chi connectivity index (χ0v) is 21.7. The van der Waals surface area contributed by atoms with E-state index in [1.165, 1.54) is 4.31 Å². The van der Waals surface area contributed by atoms with E-state index in [0.717, 1.165) is 32.7 Å². The molecule has 1 aromatic heterocycles. The van der Waals surface area contributed by atoms with Crippen LogP contribution in [0.1, 0.15) is 18.1 Å². The van der Waals surface area contributed by atoms with Crippen molar-refractivity contribution in [3.05, 3.63) is 81.5 Å². The molecule has 0 aliphatic carbocycles. The lowest BCUT2D eigenvalue weighted by Crippen LogP contribution is -2.48. The Bertz CT molecular complexity index is 1640. The van der Waals surface area contributed by atoms with Gasteiger partial charge in [0, 0.05) is 12.2 Å². The van der Waals surface area contributed by atoms with Crippen molar-refractivity contribution in [1.29, 1.82) is 0 Å². The lowest BCUT2D eigenvalue weighted by molar-refractivity contribution is -0.122. The van der Waals surface area contributed by atoms with Crippen molar-refractivity contribution in [3.8, 4) is 5.75 Å². The van der Waals surface area contributed by atoms with Crippen LogP contribution in [0.3, 0.4) is 0 Å². The number of hydrogen-bond donors (Lipinski definition) is 1. The fourth-order valence-electron chi connectivity index (χ4n) is 4.23. The van der Waals surface area contributed by atoms with Crippen LogP contribution in [0.15, 0.2) is 70.4 Å². The van der Waals surface area contributed by atoms with Gasteiger partial charge in [0.25, 0.3) is 15.9 Å². The molecule has 8 nitrogen and oxygen atoms in total. The average Bonchev–Trinajstić information content (AvgIpc) is 3.17. The Labute approximate surface area is 212 Å². The Morgan fingerprint density at radius 2 is 1.78 bits per heavy atom. The maximum Gasteiger partial charge on any atom is 0.308 e. The molecule has 0 spiro atoms. The Hall–Kier alpha value is -3.63. The number of rotatable bonds is 5. The van der Waals surface area contributed by atoms with Crippen molar-refractivity contribution in [3.63, 3.8) is 0 Å². The third kappa shape index (κ3) is 4.27. The lowest BCUT2D eigenvalue weighted by Gasteiger charge is -2.35. The first-order chi connectivity index (χ1) is 17.2. The summed E-state index contributed by atoms with van der Waals surface area (Å²) < 4.78 is 36.9. The number of ether oxygens (including phenoxy) is 1. The molecule has 36 heavy (non-hydrogen) atoms. The maximum atomic E-state index is 13.6. The number of aryl methyl sites for hydroxylation is 3. The van der Waals surface area contributed by atoms with E-state index in [4.69, 9.17) is 4.74 Å². The summed E-state index contributed by atoms with van der Waals surface area (Å²) in [5.41, 5.74) is 3.52. The summed E-state index contributed by atoms with van der Waals surface area (Å²) in [5.74, 6) is -0.164. The fourth-order valence-corrected chi connectivity index (χ4v) is 6.69. The van der Waals surface area contributed by atoms with Gasteiger partial charge in [0.15, 0.2) is 6.10 Å². The summed E-state index contributed by atoms with van der Waals surface area (Å²) in [4.78, 5) is 25.5. The molecular weight excluding hydrogens is 498 g/mol. The van der Waals surface area contributed by atoms with Crippen LogP contribution in [-0.2, 0) is 21.4 Å². The first kappa shape index (κ1) is 24.1. The minimum Gasteiger partial charge on any atom is -0.476 e. The van der Waals surface area contributed by atoms with E-state index < -0.39 is 22.0 Å². The zero-order valence-electron chi connectivity index (χ0n) is 20.0. The van der Waals surface area contributed by atoms with Gasteiger partial charge in [-0.2, -0.15) is 0 Å². The highest BCUT2D eigenvalue weighted by Gasteiger charge is 2.37. The molecule has 0 radical (unpaired) electrons. The van der Waals surface area contributed by atoms with Crippen molar-refractivity contribution < 1.29 is 17.9 Å². The van der Waals surface area contributed by atoms with Gasteiger partial charge in [-0.05, 0) is 68.8 Å². The Kier molecular flexibility index (Phi) is 6.09. The van der Waals surface area contributed by atoms with Gasteiger partial charge in [-0.25, -0.2) is 8.42 Å². The van der Waals surface area contributed by atoms with Crippen LogP contribution >= 0.6 is 11.3 Å². The Morgan fingerprint density at radius 1 is 1.06 bits per heavy atom. The largest absolute Gasteiger partial charge is 0.476 e. The molecule has 0 fully saturated rings. The van der Waals surface area contributed by atoms with Gasteiger partial charge in [0.1, 0.15) is 5.75 Å². The molecular formula is C26H25N3O5S2. The lowest BCUT2D eigenvalue weighted by atomic mass is 10.1. The second-order valence-corrected chi connectivity index (χ2v) is 11.6. The van der Waals surface area contributed by atoms with Gasteiger partial charge in [-0.3, -0.25) is 18.5 Å². The number of amides is 1. The van der Waals surface area contributed by atoms with E-state index in [0.29, 0.717) is 23.7 Å². The van der Waals surface area contributed by atoms with Crippen molar-refractivity contribution in [2.45, 2.75) is 38.3 Å². The highest BCUT2D eigenvalue weighted by molar-refractivity contribution is 7.92. The van der Waals surface area contributed by atoms with E-state index in [9.17, 15) is 18.0 Å². The van der Waals surface area contributed by atoms with Gasteiger partial charge in [0.05, 0.1) is 27.3 Å². The predicted molar refractivity (Wildman–Crippen MR) is 142 cm³/mol. The molecule has 3 aromatic carbocycles. The van der Waals surface area contributed by atoms with Crippen molar-refractivity contribution in [1.82, 2.24) is 4.57 Å². The molecule has 4 aromatic rings. The molecule has 186 valence electrons. The number of hydrogen-bond acceptors (Lipinski definition) is 6. The quantitative estimate of drug-likeness (QED) is 0.421. The van der Waals surface area contributed by atoms with Crippen molar-refractivity contribution in [2.75, 3.05) is 16.2 Å². The average molecular weight is 524 g/mol. The second-order valence-electron chi connectivity index (χ2n) is 8.71. The Balaban J connectivity index is 1.47. The molecule has 1 aliphatic rings. The van der Waals surface area contributed by atoms with E-state index in [-0.39, 0.29) is 16.3 Å². The highest BCUT2D eigenvalue weighted by atomic mass is 32.2. The molecule has 0 saturated heterocycles. The predicted octanol–water partition coefficient (Wildman–Crippen LogP) is 4.29. The number of nitrogens with zero attached hydrogens (tertiary/aromatic N) is 2. The van der Waals surface area contributed by atoms with Crippen LogP contribution in [0.2, 0.25) is 0 Å². The number of sulfonamides is 1. The van der Waals surface area contributed by atoms with Gasteiger partial charge in [0.2, 0.25) is 0 Å². The molecule has 1 aliphatic heterocycles. The van der Waals surface area contributed by atoms with Crippen LogP contribution in [0, 0.1) is 13.8 Å². The van der Waals surface area contributed by atoms with Gasteiger partial charge >= 0.3 is 4.87 Å². The monoisotopic (exact) mass is 523 g/mol. The first-order valence-electron chi connectivity index (χ1n) is 11.5. The topological polar surface area (TPSA) is 97.7 Å². The van der Waals surface area contributed by atoms with Gasteiger partial charge in [-0.15, -0.1) is 0 Å². The smallest absolute Gasteiger partial charge is 0.308 e. The molecule has 1 unspecified atom stereocenters. The molecule has 1 amide bonds. The van der Waals surface area contributed by atoms with Gasteiger partial charge < -0.3 is 10.1 Å². The molecule has 10 heteroatoms. The molecule has 2 heterocycles. The third-order valence-corrected chi connectivity index (χ3v) is 8.87. The summed E-state index contributed by atoms with van der Waals surface area (Å²) in [6.07, 6.45) is -1.07. The standard InChI is InChI=1S/C26H25N3O5S2/c1-4-28-20-11-8-18(14-24(20)35-26(28)31)27-25(30)23-15-29(21-13-17(3)7-12-22(21)34-23)36(32,33)19-9-5-16(2)6-10-19/h5-14,23H,4,15H2,1-3H3,(H,27,30). The van der Waals surface area contributed by atoms with Crippen LogP contribution < -0.4 is 19.2 Å².